The molecular formula is C15H17FN4O3S. The Labute approximate surface area is 138 Å². The summed E-state index contributed by atoms with van der Waals surface area (Å²) in [7, 11) is -4.00. The zero-order valence-electron chi connectivity index (χ0n) is 12.8. The second-order valence-electron chi connectivity index (χ2n) is 5.79. The van der Waals surface area contributed by atoms with Crippen molar-refractivity contribution >= 4 is 15.9 Å². The predicted octanol–water partition coefficient (Wildman–Crippen LogP) is 1.22. The number of halogens is 1. The van der Waals surface area contributed by atoms with Crippen molar-refractivity contribution < 1.29 is 17.6 Å². The number of piperidine rings is 1. The molecule has 1 atom stereocenters. The Morgan fingerprint density at radius 2 is 2.17 bits per heavy atom. The molecule has 1 aliphatic rings. The third-order valence-electron chi connectivity index (χ3n) is 4.17. The first-order valence-corrected chi connectivity index (χ1v) is 9.02. The van der Waals surface area contributed by atoms with Crippen LogP contribution in [0.2, 0.25) is 0 Å². The molecule has 3 rings (SSSR count). The van der Waals surface area contributed by atoms with E-state index in [1.165, 1.54) is 4.90 Å². The van der Waals surface area contributed by atoms with Crippen LogP contribution in [0, 0.1) is 5.82 Å². The number of hydrogen-bond donors (Lipinski definition) is 2. The molecule has 1 saturated heterocycles. The summed E-state index contributed by atoms with van der Waals surface area (Å²) in [5, 5.41) is 11.9. The van der Waals surface area contributed by atoms with Gasteiger partial charge in [0, 0.05) is 30.9 Å². The van der Waals surface area contributed by atoms with Gasteiger partial charge in [0.15, 0.2) is 0 Å². The van der Waals surface area contributed by atoms with Gasteiger partial charge in [-0.25, -0.2) is 17.9 Å². The van der Waals surface area contributed by atoms with Gasteiger partial charge >= 0.3 is 0 Å². The highest BCUT2D eigenvalue weighted by atomic mass is 32.2. The van der Waals surface area contributed by atoms with E-state index in [0.29, 0.717) is 13.1 Å². The summed E-state index contributed by atoms with van der Waals surface area (Å²) in [5.74, 6) is -1.21. The molecule has 2 aromatic rings. The highest BCUT2D eigenvalue weighted by Crippen LogP contribution is 2.27. The molecule has 0 bridgehead atoms. The lowest BCUT2D eigenvalue weighted by Crippen LogP contribution is -2.39. The van der Waals surface area contributed by atoms with Gasteiger partial charge < -0.3 is 4.90 Å². The third kappa shape index (κ3) is 3.31. The maximum Gasteiger partial charge on any atom is 0.256 e. The fourth-order valence-electron chi connectivity index (χ4n) is 2.93. The summed E-state index contributed by atoms with van der Waals surface area (Å²) >= 11 is 0. The lowest BCUT2D eigenvalue weighted by molar-refractivity contribution is 0.0701. The molecule has 24 heavy (non-hydrogen) atoms. The molecule has 1 aromatic carbocycles. The molecule has 3 N–H and O–H groups in total. The van der Waals surface area contributed by atoms with Gasteiger partial charge in [0.1, 0.15) is 5.82 Å². The topological polar surface area (TPSA) is 109 Å². The Bertz CT molecular complexity index is 852. The quantitative estimate of drug-likeness (QED) is 0.865. The van der Waals surface area contributed by atoms with Gasteiger partial charge in [-0.15, -0.1) is 0 Å². The molecule has 0 saturated carbocycles. The Morgan fingerprint density at radius 1 is 1.38 bits per heavy atom. The van der Waals surface area contributed by atoms with Gasteiger partial charge in [0.25, 0.3) is 5.91 Å². The van der Waals surface area contributed by atoms with Crippen molar-refractivity contribution in [3.63, 3.8) is 0 Å². The van der Waals surface area contributed by atoms with Crippen LogP contribution >= 0.6 is 0 Å². The van der Waals surface area contributed by atoms with E-state index in [1.807, 2.05) is 6.07 Å². The summed E-state index contributed by atoms with van der Waals surface area (Å²) in [5.41, 5.74) is 0.637. The molecule has 2 heterocycles. The summed E-state index contributed by atoms with van der Waals surface area (Å²) in [6, 6.07) is 4.84. The summed E-state index contributed by atoms with van der Waals surface area (Å²) in [6.07, 6.45) is 3.31. The molecule has 0 radical (unpaired) electrons. The predicted molar refractivity (Wildman–Crippen MR) is 84.2 cm³/mol. The molecular weight excluding hydrogens is 335 g/mol. The van der Waals surface area contributed by atoms with Crippen molar-refractivity contribution in [2.45, 2.75) is 23.7 Å². The summed E-state index contributed by atoms with van der Waals surface area (Å²) in [4.78, 5) is 13.9. The zero-order chi connectivity index (χ0) is 17.3. The van der Waals surface area contributed by atoms with Gasteiger partial charge in [-0.2, -0.15) is 5.10 Å². The number of likely N-dealkylation sites (tertiary alicyclic amines) is 1. The van der Waals surface area contributed by atoms with Crippen LogP contribution in [0.5, 0.6) is 0 Å². The van der Waals surface area contributed by atoms with Crippen molar-refractivity contribution in [3.05, 3.63) is 47.5 Å². The summed E-state index contributed by atoms with van der Waals surface area (Å²) < 4.78 is 36.9. The van der Waals surface area contributed by atoms with Crippen LogP contribution in [0.4, 0.5) is 4.39 Å². The molecule has 7 nitrogen and oxygen atoms in total. The average Bonchev–Trinajstić information content (AvgIpc) is 3.08. The molecule has 128 valence electrons. The average molecular weight is 352 g/mol. The van der Waals surface area contributed by atoms with E-state index >= 15 is 0 Å². The van der Waals surface area contributed by atoms with Crippen LogP contribution in [0.1, 0.15) is 34.8 Å². The minimum Gasteiger partial charge on any atom is -0.338 e. The second-order valence-corrected chi connectivity index (χ2v) is 7.35. The van der Waals surface area contributed by atoms with Gasteiger partial charge in [-0.3, -0.25) is 9.89 Å². The van der Waals surface area contributed by atoms with Gasteiger partial charge in [-0.1, -0.05) is 0 Å². The molecule has 1 aromatic heterocycles. The number of aromatic amines is 1. The fraction of sp³-hybridized carbons (Fsp3) is 0.333. The SMILES string of the molecule is NS(=O)(=O)c1ccc(F)c(C(=O)N2CCCC(c3ccn[nH]3)C2)c1. The Kier molecular flexibility index (Phi) is 4.37. The van der Waals surface area contributed by atoms with Gasteiger partial charge in [0.2, 0.25) is 10.0 Å². The maximum absolute atomic E-state index is 14.0. The largest absolute Gasteiger partial charge is 0.338 e. The number of amides is 1. The van der Waals surface area contributed by atoms with E-state index < -0.39 is 21.7 Å². The fourth-order valence-corrected chi connectivity index (χ4v) is 3.46. The molecule has 9 heteroatoms. The van der Waals surface area contributed by atoms with Gasteiger partial charge in [0.05, 0.1) is 10.5 Å². The van der Waals surface area contributed by atoms with Crippen molar-refractivity contribution in [2.24, 2.45) is 5.14 Å². The van der Waals surface area contributed by atoms with Crippen LogP contribution in [-0.4, -0.2) is 42.5 Å². The number of H-pyrrole nitrogens is 1. The normalized spacial score (nSPS) is 18.6. The first-order chi connectivity index (χ1) is 11.4. The minimum atomic E-state index is -4.00. The Morgan fingerprint density at radius 3 is 2.83 bits per heavy atom. The van der Waals surface area contributed by atoms with Crippen LogP contribution in [-0.2, 0) is 10.0 Å². The number of rotatable bonds is 3. The van der Waals surface area contributed by atoms with Crippen LogP contribution in [0.15, 0.2) is 35.4 Å². The number of nitrogens with zero attached hydrogens (tertiary/aromatic N) is 2. The number of hydrogen-bond acceptors (Lipinski definition) is 4. The lowest BCUT2D eigenvalue weighted by Gasteiger charge is -2.32. The van der Waals surface area contributed by atoms with E-state index in [-0.39, 0.29) is 16.4 Å². The minimum absolute atomic E-state index is 0.0923. The van der Waals surface area contributed by atoms with E-state index in [4.69, 9.17) is 5.14 Å². The second kappa shape index (κ2) is 6.33. The highest BCUT2D eigenvalue weighted by molar-refractivity contribution is 7.89. The molecule has 1 unspecified atom stereocenters. The summed E-state index contributed by atoms with van der Waals surface area (Å²) in [6.45, 7) is 0.905. The number of carbonyl (C=O) groups is 1. The van der Waals surface area contributed by atoms with Crippen LogP contribution < -0.4 is 5.14 Å². The number of sulfonamides is 1. The molecule has 0 spiro atoms. The van der Waals surface area contributed by atoms with Crippen molar-refractivity contribution in [1.29, 1.82) is 0 Å². The zero-order valence-corrected chi connectivity index (χ0v) is 13.6. The van der Waals surface area contributed by atoms with Crippen molar-refractivity contribution in [2.75, 3.05) is 13.1 Å². The van der Waals surface area contributed by atoms with E-state index in [9.17, 15) is 17.6 Å². The number of primary sulfonamides is 1. The maximum atomic E-state index is 14.0. The molecule has 1 amide bonds. The van der Waals surface area contributed by atoms with Gasteiger partial charge in [-0.05, 0) is 37.1 Å². The number of nitrogens with one attached hydrogen (secondary N) is 1. The first kappa shape index (κ1) is 16.6. The standard InChI is InChI=1S/C15H17FN4O3S/c16-13-4-3-11(24(17,22)23)8-12(13)15(21)20-7-1-2-10(9-20)14-5-6-18-19-14/h3-6,8,10H,1-2,7,9H2,(H,18,19)(H2,17,22,23). The first-order valence-electron chi connectivity index (χ1n) is 7.47. The monoisotopic (exact) mass is 352 g/mol. The van der Waals surface area contributed by atoms with Crippen molar-refractivity contribution in [3.8, 4) is 0 Å². The molecule has 1 fully saturated rings. The third-order valence-corrected chi connectivity index (χ3v) is 5.08. The molecule has 0 aliphatic carbocycles. The lowest BCUT2D eigenvalue weighted by atomic mass is 9.94. The van der Waals surface area contributed by atoms with Crippen LogP contribution in [0.25, 0.3) is 0 Å². The number of carbonyl (C=O) groups excluding carboxylic acids is 1. The Hall–Kier alpha value is -2.26. The van der Waals surface area contributed by atoms with E-state index in [2.05, 4.69) is 10.2 Å². The smallest absolute Gasteiger partial charge is 0.256 e. The Balaban J connectivity index is 1.86. The van der Waals surface area contributed by atoms with E-state index in [1.54, 1.807) is 6.20 Å². The van der Waals surface area contributed by atoms with Crippen LogP contribution in [0.3, 0.4) is 0 Å². The number of aromatic nitrogens is 2. The molecule has 1 aliphatic heterocycles. The number of nitrogens with two attached hydrogens (primary N) is 1. The highest BCUT2D eigenvalue weighted by Gasteiger charge is 2.28. The van der Waals surface area contributed by atoms with Crippen molar-refractivity contribution in [1.82, 2.24) is 15.1 Å². The van der Waals surface area contributed by atoms with E-state index in [0.717, 1.165) is 36.7 Å². The number of benzene rings is 1.